The minimum Gasteiger partial charge on any atom is -0.353 e. The van der Waals surface area contributed by atoms with Crippen LogP contribution in [0.25, 0.3) is 0 Å². The summed E-state index contributed by atoms with van der Waals surface area (Å²) in [6.07, 6.45) is 7.00. The Labute approximate surface area is 176 Å². The number of fused-ring (bicyclic) bond motifs is 1. The third-order valence-electron chi connectivity index (χ3n) is 6.48. The topological polar surface area (TPSA) is 78.5 Å². The fraction of sp³-hybridized carbons (Fsp3) is 0.591. The highest BCUT2D eigenvalue weighted by Gasteiger charge is 2.44. The van der Waals surface area contributed by atoms with Crippen LogP contribution in [0.3, 0.4) is 0 Å². The fourth-order valence-electron chi connectivity index (χ4n) is 4.82. The van der Waals surface area contributed by atoms with Crippen molar-refractivity contribution < 1.29 is 14.4 Å². The molecule has 2 heterocycles. The van der Waals surface area contributed by atoms with Gasteiger partial charge in [-0.15, -0.1) is 0 Å². The summed E-state index contributed by atoms with van der Waals surface area (Å²) in [6, 6.07) is 6.24. The summed E-state index contributed by atoms with van der Waals surface area (Å²) in [5.74, 6) is 0.0560. The van der Waals surface area contributed by atoms with Gasteiger partial charge in [0, 0.05) is 29.9 Å². The van der Waals surface area contributed by atoms with Crippen LogP contribution < -0.4 is 10.6 Å². The number of benzene rings is 1. The van der Waals surface area contributed by atoms with Gasteiger partial charge in [-0.05, 0) is 43.4 Å². The highest BCUT2D eigenvalue weighted by atomic mass is 35.5. The van der Waals surface area contributed by atoms with E-state index in [0.29, 0.717) is 30.8 Å². The van der Waals surface area contributed by atoms with Gasteiger partial charge in [0.1, 0.15) is 12.1 Å². The molecule has 2 saturated heterocycles. The van der Waals surface area contributed by atoms with Gasteiger partial charge in [-0.1, -0.05) is 43.0 Å². The van der Waals surface area contributed by atoms with Gasteiger partial charge < -0.3 is 15.5 Å². The zero-order valence-electron chi connectivity index (χ0n) is 16.5. The number of amides is 3. The summed E-state index contributed by atoms with van der Waals surface area (Å²) in [5.41, 5.74) is 0.959. The Morgan fingerprint density at radius 2 is 1.83 bits per heavy atom. The van der Waals surface area contributed by atoms with Crippen molar-refractivity contribution in [2.45, 2.75) is 69.5 Å². The van der Waals surface area contributed by atoms with Crippen molar-refractivity contribution >= 4 is 29.3 Å². The number of nitrogens with zero attached hydrogens (tertiary/aromatic N) is 1. The molecule has 0 unspecified atom stereocenters. The van der Waals surface area contributed by atoms with Crippen LogP contribution in [0.1, 0.15) is 50.5 Å². The van der Waals surface area contributed by atoms with E-state index in [2.05, 4.69) is 10.6 Å². The smallest absolute Gasteiger partial charge is 0.246 e. The van der Waals surface area contributed by atoms with Crippen LogP contribution in [0.5, 0.6) is 0 Å². The largest absolute Gasteiger partial charge is 0.353 e. The fourth-order valence-corrected chi connectivity index (χ4v) is 4.94. The van der Waals surface area contributed by atoms with Crippen molar-refractivity contribution in [1.29, 1.82) is 0 Å². The average molecular weight is 418 g/mol. The predicted molar refractivity (Wildman–Crippen MR) is 110 cm³/mol. The van der Waals surface area contributed by atoms with E-state index in [-0.39, 0.29) is 29.7 Å². The molecule has 0 radical (unpaired) electrons. The van der Waals surface area contributed by atoms with Gasteiger partial charge in [0.05, 0.1) is 0 Å². The third-order valence-corrected chi connectivity index (χ3v) is 6.73. The number of carbonyl (C=O) groups is 3. The molecule has 3 atom stereocenters. The Bertz CT molecular complexity index is 776. The molecule has 6 nitrogen and oxygen atoms in total. The molecular formula is C22H28ClN3O3. The Morgan fingerprint density at radius 1 is 1.10 bits per heavy atom. The quantitative estimate of drug-likeness (QED) is 0.789. The van der Waals surface area contributed by atoms with E-state index >= 15 is 0 Å². The molecule has 2 N–H and O–H groups in total. The molecule has 156 valence electrons. The van der Waals surface area contributed by atoms with E-state index in [0.717, 1.165) is 31.2 Å². The molecule has 1 aliphatic carbocycles. The van der Waals surface area contributed by atoms with Crippen molar-refractivity contribution in [3.05, 3.63) is 34.9 Å². The highest BCUT2D eigenvalue weighted by molar-refractivity contribution is 6.30. The molecule has 1 saturated carbocycles. The van der Waals surface area contributed by atoms with E-state index in [9.17, 15) is 14.4 Å². The van der Waals surface area contributed by atoms with Crippen LogP contribution in [0, 0.1) is 5.92 Å². The van der Waals surface area contributed by atoms with Gasteiger partial charge in [-0.2, -0.15) is 0 Å². The predicted octanol–water partition coefficient (Wildman–Crippen LogP) is 2.44. The number of carbonyl (C=O) groups excluding carboxylic acids is 3. The van der Waals surface area contributed by atoms with Crippen LogP contribution in [0.4, 0.5) is 0 Å². The van der Waals surface area contributed by atoms with Crippen LogP contribution >= 0.6 is 11.6 Å². The van der Waals surface area contributed by atoms with Crippen molar-refractivity contribution in [3.8, 4) is 0 Å². The average Bonchev–Trinajstić information content (AvgIpc) is 2.74. The van der Waals surface area contributed by atoms with Crippen LogP contribution in [0.15, 0.2) is 24.3 Å². The number of nitrogens with one attached hydrogen (secondary N) is 2. The third kappa shape index (κ3) is 4.58. The molecule has 3 aliphatic rings. The van der Waals surface area contributed by atoms with Crippen molar-refractivity contribution in [3.63, 3.8) is 0 Å². The van der Waals surface area contributed by atoms with Gasteiger partial charge in [0.2, 0.25) is 17.7 Å². The molecule has 0 bridgehead atoms. The van der Waals surface area contributed by atoms with E-state index in [4.69, 9.17) is 11.6 Å². The molecule has 3 amide bonds. The van der Waals surface area contributed by atoms with E-state index < -0.39 is 12.1 Å². The highest BCUT2D eigenvalue weighted by Crippen LogP contribution is 2.26. The Balaban J connectivity index is 1.35. The zero-order chi connectivity index (χ0) is 20.4. The van der Waals surface area contributed by atoms with E-state index in [1.54, 1.807) is 17.0 Å². The second-order valence-corrected chi connectivity index (χ2v) is 8.94. The second kappa shape index (κ2) is 8.74. The normalized spacial score (nSPS) is 27.9. The first kappa shape index (κ1) is 20.2. The van der Waals surface area contributed by atoms with Crippen molar-refractivity contribution in [1.82, 2.24) is 15.5 Å². The minimum atomic E-state index is -0.548. The van der Waals surface area contributed by atoms with Gasteiger partial charge in [-0.3, -0.25) is 14.4 Å². The lowest BCUT2D eigenvalue weighted by atomic mass is 9.87. The number of hydrogen-bond donors (Lipinski definition) is 2. The zero-order valence-corrected chi connectivity index (χ0v) is 17.3. The van der Waals surface area contributed by atoms with Gasteiger partial charge in [-0.25, -0.2) is 0 Å². The first-order chi connectivity index (χ1) is 14.0. The lowest BCUT2D eigenvalue weighted by molar-refractivity contribution is -0.152. The Kier molecular flexibility index (Phi) is 6.09. The molecule has 1 aromatic carbocycles. The maximum Gasteiger partial charge on any atom is 0.246 e. The first-order valence-corrected chi connectivity index (χ1v) is 11.0. The summed E-state index contributed by atoms with van der Waals surface area (Å²) in [4.78, 5) is 39.9. The number of piperazine rings is 1. The van der Waals surface area contributed by atoms with Gasteiger partial charge in [0.25, 0.3) is 0 Å². The standard InChI is InChI=1S/C22H28ClN3O3/c23-16-8-6-14(7-9-16)12-18-22(29)26-11-10-17(13-19(26)21(28)25-18)24-20(27)15-4-2-1-3-5-15/h6-9,15,17-19H,1-5,10-13H2,(H,24,27)(H,25,28)/t17-,18-,19-/m0/s1. The SMILES string of the molecule is O=C(N[C@H]1CCN2C(=O)[C@H](Cc3ccc(Cl)cc3)NC(=O)[C@@H]2C1)C1CCCCC1. The second-order valence-electron chi connectivity index (χ2n) is 8.50. The van der Waals surface area contributed by atoms with Gasteiger partial charge >= 0.3 is 0 Å². The molecule has 3 fully saturated rings. The number of piperidine rings is 1. The van der Waals surface area contributed by atoms with Gasteiger partial charge in [0.15, 0.2) is 0 Å². The summed E-state index contributed by atoms with van der Waals surface area (Å²) >= 11 is 5.92. The van der Waals surface area contributed by atoms with E-state index in [1.807, 2.05) is 12.1 Å². The van der Waals surface area contributed by atoms with Crippen molar-refractivity contribution in [2.75, 3.05) is 6.54 Å². The Hall–Kier alpha value is -2.08. The van der Waals surface area contributed by atoms with Crippen LogP contribution in [-0.2, 0) is 20.8 Å². The lowest BCUT2D eigenvalue weighted by Gasteiger charge is -2.44. The van der Waals surface area contributed by atoms with Crippen LogP contribution in [-0.4, -0.2) is 47.3 Å². The van der Waals surface area contributed by atoms with Crippen molar-refractivity contribution in [2.24, 2.45) is 5.92 Å². The Morgan fingerprint density at radius 3 is 2.55 bits per heavy atom. The molecular weight excluding hydrogens is 390 g/mol. The number of hydrogen-bond acceptors (Lipinski definition) is 3. The molecule has 29 heavy (non-hydrogen) atoms. The summed E-state index contributed by atoms with van der Waals surface area (Å²) in [6.45, 7) is 0.504. The summed E-state index contributed by atoms with van der Waals surface area (Å²) < 4.78 is 0. The molecule has 0 spiro atoms. The van der Waals surface area contributed by atoms with E-state index in [1.165, 1.54) is 6.42 Å². The monoisotopic (exact) mass is 417 g/mol. The maximum atomic E-state index is 13.0. The minimum absolute atomic E-state index is 0.0402. The number of halogens is 1. The van der Waals surface area contributed by atoms with Crippen LogP contribution in [0.2, 0.25) is 5.02 Å². The first-order valence-electron chi connectivity index (χ1n) is 10.7. The number of rotatable bonds is 4. The molecule has 1 aromatic rings. The lowest BCUT2D eigenvalue weighted by Crippen LogP contribution is -2.67. The molecule has 7 heteroatoms. The molecule has 0 aromatic heterocycles. The summed E-state index contributed by atoms with van der Waals surface area (Å²) in [5, 5.41) is 6.68. The molecule has 4 rings (SSSR count). The molecule has 2 aliphatic heterocycles. The summed E-state index contributed by atoms with van der Waals surface area (Å²) in [7, 11) is 0. The maximum absolute atomic E-state index is 13.0.